The Labute approximate surface area is 223 Å². The molecule has 204 valence electrons. The summed E-state index contributed by atoms with van der Waals surface area (Å²) in [7, 11) is 0. The number of carbonyl (C=O) groups is 2. The van der Waals surface area contributed by atoms with Gasteiger partial charge in [-0.3, -0.25) is 14.5 Å². The monoisotopic (exact) mass is 522 g/mol. The van der Waals surface area contributed by atoms with Gasteiger partial charge in [-0.25, -0.2) is 0 Å². The van der Waals surface area contributed by atoms with Gasteiger partial charge in [0.05, 0.1) is 6.04 Å². The van der Waals surface area contributed by atoms with Gasteiger partial charge in [0.15, 0.2) is 17.3 Å². The number of hydrogen-bond donors (Lipinski definition) is 3. The van der Waals surface area contributed by atoms with Crippen LogP contribution in [-0.4, -0.2) is 64.7 Å². The number of nitrogens with zero attached hydrogens (tertiary/aromatic N) is 1. The van der Waals surface area contributed by atoms with Crippen LogP contribution in [0.25, 0.3) is 0 Å². The first-order chi connectivity index (χ1) is 18.5. The summed E-state index contributed by atoms with van der Waals surface area (Å²) in [6, 6.07) is 12.4. The molecule has 8 heteroatoms. The number of Topliss-reactive ketones (excluding diaryl/α,β-unsaturated/α-hetero) is 1. The van der Waals surface area contributed by atoms with Gasteiger partial charge in [-0.05, 0) is 80.5 Å². The maximum Gasteiger partial charge on any atom is 0.220 e. The molecule has 2 atom stereocenters. The number of aromatic hydroxyl groups is 1. The van der Waals surface area contributed by atoms with Gasteiger partial charge in [-0.1, -0.05) is 12.5 Å². The summed E-state index contributed by atoms with van der Waals surface area (Å²) in [6.07, 6.45) is 6.80. The molecule has 0 saturated carbocycles. The van der Waals surface area contributed by atoms with E-state index in [0.717, 1.165) is 6.42 Å². The Balaban J connectivity index is 1.15. The van der Waals surface area contributed by atoms with Crippen LogP contribution in [0.3, 0.4) is 0 Å². The third kappa shape index (κ3) is 6.30. The van der Waals surface area contributed by atoms with E-state index >= 15 is 0 Å². The normalized spacial score (nSPS) is 21.7. The number of aliphatic hydroxyl groups is 1. The van der Waals surface area contributed by atoms with Gasteiger partial charge in [-0.15, -0.1) is 0 Å². The molecule has 2 fully saturated rings. The smallest absolute Gasteiger partial charge is 0.220 e. The number of benzene rings is 2. The zero-order valence-corrected chi connectivity index (χ0v) is 21.8. The highest BCUT2D eigenvalue weighted by Gasteiger charge is 2.41. The number of fused-ring (bicyclic) bond motifs is 3. The molecule has 2 aromatic carbocycles. The molecule has 3 aliphatic rings. The Morgan fingerprint density at radius 3 is 2.26 bits per heavy atom. The van der Waals surface area contributed by atoms with Gasteiger partial charge in [0.2, 0.25) is 5.91 Å². The molecule has 0 radical (unpaired) electrons. The van der Waals surface area contributed by atoms with Crippen molar-refractivity contribution in [3.05, 3.63) is 53.6 Å². The zero-order valence-electron chi connectivity index (χ0n) is 21.8. The van der Waals surface area contributed by atoms with Gasteiger partial charge >= 0.3 is 0 Å². The first-order valence-electron chi connectivity index (χ1n) is 13.9. The van der Waals surface area contributed by atoms with Crippen LogP contribution in [0.2, 0.25) is 0 Å². The molecule has 2 saturated heterocycles. The second-order valence-corrected chi connectivity index (χ2v) is 10.7. The van der Waals surface area contributed by atoms with Crippen molar-refractivity contribution >= 4 is 11.7 Å². The van der Waals surface area contributed by atoms with Gasteiger partial charge in [0, 0.05) is 37.0 Å². The van der Waals surface area contributed by atoms with E-state index in [9.17, 15) is 19.8 Å². The number of ketones is 1. The summed E-state index contributed by atoms with van der Waals surface area (Å²) in [5.74, 6) is 1.40. The highest BCUT2D eigenvalue weighted by Crippen LogP contribution is 2.39. The van der Waals surface area contributed by atoms with E-state index in [0.29, 0.717) is 80.2 Å². The van der Waals surface area contributed by atoms with E-state index in [1.165, 1.54) is 37.8 Å². The number of phenols is 1. The lowest BCUT2D eigenvalue weighted by Crippen LogP contribution is -2.48. The van der Waals surface area contributed by atoms with Crippen molar-refractivity contribution < 1.29 is 29.3 Å². The van der Waals surface area contributed by atoms with Crippen molar-refractivity contribution in [2.45, 2.75) is 82.0 Å². The lowest BCUT2D eigenvalue weighted by Gasteiger charge is -2.32. The van der Waals surface area contributed by atoms with Crippen molar-refractivity contribution in [3.8, 4) is 17.2 Å². The van der Waals surface area contributed by atoms with Gasteiger partial charge < -0.3 is 25.0 Å². The number of hydrogen-bond acceptors (Lipinski definition) is 7. The summed E-state index contributed by atoms with van der Waals surface area (Å²) >= 11 is 0. The molecule has 38 heavy (non-hydrogen) atoms. The maximum absolute atomic E-state index is 12.9. The Kier molecular flexibility index (Phi) is 8.49. The lowest BCUT2D eigenvalue weighted by molar-refractivity contribution is -0.123. The minimum atomic E-state index is -0.863. The highest BCUT2D eigenvalue weighted by molar-refractivity contribution is 5.96. The first kappa shape index (κ1) is 26.5. The number of carbonyl (C=O) groups excluding carboxylic acids is 2. The maximum atomic E-state index is 12.9. The standard InChI is InChI=1S/C30H38N2O6/c33-24-13-6-20(7-14-24)26(34)4-2-1-3-5-29(35)31-25(19-32-22-9-10-23(32)12-11-22)30(36)21-8-15-27-28(18-21)38-17-16-37-27/h6-8,13-15,18,22-23,25,30,33,36H,1-5,9-12,16-17,19H2,(H,31,35)/t22?,23?,25-,30?/m1/s1. The van der Waals surface area contributed by atoms with E-state index in [1.54, 1.807) is 12.1 Å². The number of unbranched alkanes of at least 4 members (excludes halogenated alkanes) is 2. The lowest BCUT2D eigenvalue weighted by atomic mass is 10.00. The summed E-state index contributed by atoms with van der Waals surface area (Å²) in [6.45, 7) is 1.61. The molecule has 8 nitrogen and oxygen atoms in total. The quantitative estimate of drug-likeness (QED) is 0.284. The Morgan fingerprint density at radius 1 is 0.895 bits per heavy atom. The Hall–Kier alpha value is -3.10. The number of phenolic OH excluding ortho intramolecular Hbond substituents is 1. The van der Waals surface area contributed by atoms with Crippen LogP contribution in [0.4, 0.5) is 0 Å². The minimum Gasteiger partial charge on any atom is -0.508 e. The number of rotatable bonds is 12. The van der Waals surface area contributed by atoms with Crippen molar-refractivity contribution in [3.63, 3.8) is 0 Å². The van der Waals surface area contributed by atoms with Gasteiger partial charge in [-0.2, -0.15) is 0 Å². The number of nitrogens with one attached hydrogen (secondary N) is 1. The minimum absolute atomic E-state index is 0.0392. The summed E-state index contributed by atoms with van der Waals surface area (Å²) < 4.78 is 11.3. The molecule has 5 rings (SSSR count). The second-order valence-electron chi connectivity index (χ2n) is 10.7. The highest BCUT2D eigenvalue weighted by atomic mass is 16.6. The summed E-state index contributed by atoms with van der Waals surface area (Å²) in [5.41, 5.74) is 1.30. The third-order valence-electron chi connectivity index (χ3n) is 8.14. The predicted octanol–water partition coefficient (Wildman–Crippen LogP) is 4.14. The molecule has 1 unspecified atom stereocenters. The first-order valence-corrected chi connectivity index (χ1v) is 13.9. The molecule has 3 N–H and O–H groups in total. The Morgan fingerprint density at radius 2 is 1.55 bits per heavy atom. The van der Waals surface area contributed by atoms with Gasteiger partial charge in [0.1, 0.15) is 25.1 Å². The fraction of sp³-hybridized carbons (Fsp3) is 0.533. The van der Waals surface area contributed by atoms with E-state index in [1.807, 2.05) is 18.2 Å². The Bertz CT molecular complexity index is 1100. The fourth-order valence-corrected chi connectivity index (χ4v) is 6.06. The van der Waals surface area contributed by atoms with E-state index < -0.39 is 12.1 Å². The van der Waals surface area contributed by atoms with Crippen molar-refractivity contribution in [2.24, 2.45) is 0 Å². The van der Waals surface area contributed by atoms with Crippen LogP contribution in [0.15, 0.2) is 42.5 Å². The fourth-order valence-electron chi connectivity index (χ4n) is 6.06. The predicted molar refractivity (Wildman–Crippen MR) is 143 cm³/mol. The van der Waals surface area contributed by atoms with Crippen LogP contribution in [-0.2, 0) is 4.79 Å². The topological polar surface area (TPSA) is 108 Å². The molecule has 0 aromatic heterocycles. The number of aliphatic hydroxyl groups excluding tert-OH is 1. The number of amides is 1. The van der Waals surface area contributed by atoms with E-state index in [4.69, 9.17) is 9.47 Å². The largest absolute Gasteiger partial charge is 0.508 e. The van der Waals surface area contributed by atoms with E-state index in [-0.39, 0.29) is 17.4 Å². The summed E-state index contributed by atoms with van der Waals surface area (Å²) in [5, 5.41) is 23.9. The molecular weight excluding hydrogens is 484 g/mol. The van der Waals surface area contributed by atoms with E-state index in [2.05, 4.69) is 10.2 Å². The molecule has 0 aliphatic carbocycles. The third-order valence-corrected chi connectivity index (χ3v) is 8.14. The summed E-state index contributed by atoms with van der Waals surface area (Å²) in [4.78, 5) is 27.7. The zero-order chi connectivity index (χ0) is 26.5. The molecular formula is C30H38N2O6. The molecule has 3 aliphatic heterocycles. The van der Waals surface area contributed by atoms with Crippen LogP contribution in [0.5, 0.6) is 17.2 Å². The average Bonchev–Trinajstić information content (AvgIpc) is 3.51. The molecule has 3 heterocycles. The molecule has 1 amide bonds. The molecule has 0 spiro atoms. The van der Waals surface area contributed by atoms with Crippen molar-refractivity contribution in [1.82, 2.24) is 10.2 Å². The average molecular weight is 523 g/mol. The molecule has 2 aromatic rings. The van der Waals surface area contributed by atoms with Crippen LogP contribution < -0.4 is 14.8 Å². The SMILES string of the molecule is O=C(CCCCCC(=O)c1ccc(O)cc1)N[C@H](CN1C2CCC1CC2)C(O)c1ccc2c(c1)OCCO2. The van der Waals surface area contributed by atoms with Crippen LogP contribution in [0, 0.1) is 0 Å². The van der Waals surface area contributed by atoms with Crippen LogP contribution >= 0.6 is 0 Å². The van der Waals surface area contributed by atoms with Crippen molar-refractivity contribution in [2.75, 3.05) is 19.8 Å². The van der Waals surface area contributed by atoms with Gasteiger partial charge in [0.25, 0.3) is 0 Å². The number of ether oxygens (including phenoxy) is 2. The van der Waals surface area contributed by atoms with Crippen LogP contribution in [0.1, 0.15) is 79.8 Å². The van der Waals surface area contributed by atoms with Crippen molar-refractivity contribution in [1.29, 1.82) is 0 Å². The second kappa shape index (κ2) is 12.2. The molecule has 2 bridgehead atoms.